The average molecular weight is 315 g/mol. The summed E-state index contributed by atoms with van der Waals surface area (Å²) in [6, 6.07) is 6.63. The van der Waals surface area contributed by atoms with Crippen LogP contribution in [0.1, 0.15) is 16.8 Å². The Morgan fingerprint density at radius 2 is 2.00 bits per heavy atom. The summed E-state index contributed by atoms with van der Waals surface area (Å²) in [5.74, 6) is -0.416. The molecule has 22 heavy (non-hydrogen) atoms. The third-order valence-corrected chi connectivity index (χ3v) is 3.74. The standard InChI is InChI=1S/C15H19F2NO4/c1-20-13-7-12(9-22-15(16)17)18(8-13)11-5-3-10(4-6-11)14(19)21-2/h3-6,12-13,15H,7-9H2,1-2H3/t12-,13-/m0/s1. The Hall–Kier alpha value is -1.73. The van der Waals surface area contributed by atoms with Gasteiger partial charge in [0.15, 0.2) is 0 Å². The van der Waals surface area contributed by atoms with Crippen LogP contribution in [0.5, 0.6) is 0 Å². The van der Waals surface area contributed by atoms with Gasteiger partial charge in [0.25, 0.3) is 0 Å². The molecule has 0 unspecified atom stereocenters. The molecule has 0 aliphatic carbocycles. The lowest BCUT2D eigenvalue weighted by molar-refractivity contribution is -0.132. The summed E-state index contributed by atoms with van der Waals surface area (Å²) in [5.41, 5.74) is 1.27. The molecule has 1 aromatic carbocycles. The molecule has 0 radical (unpaired) electrons. The van der Waals surface area contributed by atoms with Gasteiger partial charge in [-0.2, -0.15) is 8.78 Å². The van der Waals surface area contributed by atoms with E-state index >= 15 is 0 Å². The molecule has 1 heterocycles. The van der Waals surface area contributed by atoms with Gasteiger partial charge in [-0.15, -0.1) is 0 Å². The average Bonchev–Trinajstić information content (AvgIpc) is 2.95. The number of halogens is 2. The van der Waals surface area contributed by atoms with Gasteiger partial charge in [0.2, 0.25) is 0 Å². The minimum atomic E-state index is -2.79. The first kappa shape index (κ1) is 16.6. The number of rotatable bonds is 6. The van der Waals surface area contributed by atoms with Gasteiger partial charge < -0.3 is 19.1 Å². The van der Waals surface area contributed by atoms with Gasteiger partial charge >= 0.3 is 12.6 Å². The predicted octanol–water partition coefficient (Wildman–Crippen LogP) is 2.31. The van der Waals surface area contributed by atoms with Crippen LogP contribution in [0.4, 0.5) is 14.5 Å². The topological polar surface area (TPSA) is 48.0 Å². The van der Waals surface area contributed by atoms with E-state index in [2.05, 4.69) is 9.47 Å². The monoisotopic (exact) mass is 315 g/mol. The summed E-state index contributed by atoms with van der Waals surface area (Å²) < 4.78 is 38.9. The molecule has 122 valence electrons. The maximum Gasteiger partial charge on any atom is 0.345 e. The maximum absolute atomic E-state index is 12.3. The second kappa shape index (κ2) is 7.51. The highest BCUT2D eigenvalue weighted by molar-refractivity contribution is 5.89. The number of esters is 1. The first-order valence-corrected chi connectivity index (χ1v) is 6.92. The van der Waals surface area contributed by atoms with E-state index in [1.807, 2.05) is 4.90 Å². The van der Waals surface area contributed by atoms with E-state index in [1.54, 1.807) is 31.4 Å². The Kier molecular flexibility index (Phi) is 5.68. The summed E-state index contributed by atoms with van der Waals surface area (Å²) in [6.07, 6.45) is 0.577. The van der Waals surface area contributed by atoms with Crippen molar-refractivity contribution in [1.29, 1.82) is 0 Å². The van der Waals surface area contributed by atoms with Crippen molar-refractivity contribution in [1.82, 2.24) is 0 Å². The zero-order valence-electron chi connectivity index (χ0n) is 12.5. The Balaban J connectivity index is 2.11. The summed E-state index contributed by atoms with van der Waals surface area (Å²) in [7, 11) is 2.91. The number of anilines is 1. The van der Waals surface area contributed by atoms with Crippen molar-refractivity contribution in [3.8, 4) is 0 Å². The molecule has 1 aromatic rings. The van der Waals surface area contributed by atoms with Crippen molar-refractivity contribution in [2.75, 3.05) is 32.3 Å². The quantitative estimate of drug-likeness (QED) is 0.754. The number of benzene rings is 1. The van der Waals surface area contributed by atoms with Gasteiger partial charge in [0.1, 0.15) is 0 Å². The van der Waals surface area contributed by atoms with Crippen LogP contribution in [0.3, 0.4) is 0 Å². The smallest absolute Gasteiger partial charge is 0.345 e. The predicted molar refractivity (Wildman–Crippen MR) is 76.3 cm³/mol. The van der Waals surface area contributed by atoms with E-state index < -0.39 is 12.6 Å². The van der Waals surface area contributed by atoms with Crippen molar-refractivity contribution in [3.05, 3.63) is 29.8 Å². The largest absolute Gasteiger partial charge is 0.465 e. The van der Waals surface area contributed by atoms with Crippen molar-refractivity contribution in [2.24, 2.45) is 0 Å². The minimum absolute atomic E-state index is 0.0356. The van der Waals surface area contributed by atoms with E-state index in [0.717, 1.165) is 5.69 Å². The highest BCUT2D eigenvalue weighted by Crippen LogP contribution is 2.28. The second-order valence-electron chi connectivity index (χ2n) is 5.03. The molecule has 0 spiro atoms. The summed E-state index contributed by atoms with van der Waals surface area (Å²) in [4.78, 5) is 13.4. The lowest BCUT2D eigenvalue weighted by Gasteiger charge is -2.26. The van der Waals surface area contributed by atoms with Gasteiger partial charge in [-0.1, -0.05) is 0 Å². The zero-order valence-corrected chi connectivity index (χ0v) is 12.5. The van der Waals surface area contributed by atoms with E-state index in [4.69, 9.17) is 4.74 Å². The molecular weight excluding hydrogens is 296 g/mol. The Labute approximate surface area is 127 Å². The number of alkyl halides is 2. The first-order valence-electron chi connectivity index (χ1n) is 6.92. The maximum atomic E-state index is 12.3. The van der Waals surface area contributed by atoms with Crippen LogP contribution < -0.4 is 4.90 Å². The number of carbonyl (C=O) groups is 1. The first-order chi connectivity index (χ1) is 10.5. The van der Waals surface area contributed by atoms with Crippen LogP contribution in [0.15, 0.2) is 24.3 Å². The third kappa shape index (κ3) is 3.92. The van der Waals surface area contributed by atoms with Gasteiger partial charge in [-0.25, -0.2) is 4.79 Å². The molecule has 1 fully saturated rings. The fourth-order valence-corrected chi connectivity index (χ4v) is 2.61. The van der Waals surface area contributed by atoms with Crippen molar-refractivity contribution >= 4 is 11.7 Å². The van der Waals surface area contributed by atoms with Crippen LogP contribution in [0.2, 0.25) is 0 Å². The van der Waals surface area contributed by atoms with E-state index in [1.165, 1.54) is 7.11 Å². The number of ether oxygens (including phenoxy) is 3. The molecule has 0 N–H and O–H groups in total. The molecule has 5 nitrogen and oxygen atoms in total. The van der Waals surface area contributed by atoms with Gasteiger partial charge in [-0.3, -0.25) is 0 Å². The molecule has 1 aliphatic rings. The molecule has 2 atom stereocenters. The van der Waals surface area contributed by atoms with Crippen LogP contribution in [-0.4, -0.2) is 52.1 Å². The molecule has 1 aliphatic heterocycles. The summed E-state index contributed by atoms with van der Waals surface area (Å²) in [6.45, 7) is -2.27. The van der Waals surface area contributed by atoms with Crippen LogP contribution >= 0.6 is 0 Å². The number of nitrogens with zero attached hydrogens (tertiary/aromatic N) is 1. The summed E-state index contributed by atoms with van der Waals surface area (Å²) >= 11 is 0. The molecular formula is C15H19F2NO4. The SMILES string of the molecule is COC(=O)c1ccc(N2C[C@@H](OC)C[C@H]2COC(F)F)cc1. The highest BCUT2D eigenvalue weighted by Gasteiger charge is 2.33. The molecule has 0 saturated carbocycles. The number of hydrogen-bond donors (Lipinski definition) is 0. The van der Waals surface area contributed by atoms with E-state index in [0.29, 0.717) is 18.5 Å². The van der Waals surface area contributed by atoms with Crippen molar-refractivity contribution in [2.45, 2.75) is 25.2 Å². The zero-order chi connectivity index (χ0) is 16.1. The molecule has 7 heteroatoms. The van der Waals surface area contributed by atoms with Crippen LogP contribution in [-0.2, 0) is 14.2 Å². The lowest BCUT2D eigenvalue weighted by Crippen LogP contribution is -2.34. The highest BCUT2D eigenvalue weighted by atomic mass is 19.3. The Morgan fingerprint density at radius 1 is 1.32 bits per heavy atom. The molecule has 1 saturated heterocycles. The molecule has 0 aromatic heterocycles. The van der Waals surface area contributed by atoms with E-state index in [-0.39, 0.29) is 18.8 Å². The normalized spacial score (nSPS) is 21.4. The van der Waals surface area contributed by atoms with Crippen LogP contribution in [0, 0.1) is 0 Å². The van der Waals surface area contributed by atoms with Crippen molar-refractivity contribution in [3.63, 3.8) is 0 Å². The molecule has 2 rings (SSSR count). The number of methoxy groups -OCH3 is 2. The van der Waals surface area contributed by atoms with Gasteiger partial charge in [-0.05, 0) is 30.7 Å². The Morgan fingerprint density at radius 3 is 2.55 bits per heavy atom. The van der Waals surface area contributed by atoms with Crippen molar-refractivity contribution < 1.29 is 27.8 Å². The van der Waals surface area contributed by atoms with Gasteiger partial charge in [0, 0.05) is 19.3 Å². The number of carbonyl (C=O) groups excluding carboxylic acids is 1. The van der Waals surface area contributed by atoms with Crippen LogP contribution in [0.25, 0.3) is 0 Å². The Bertz CT molecular complexity index is 495. The fourth-order valence-electron chi connectivity index (χ4n) is 2.61. The number of hydrogen-bond acceptors (Lipinski definition) is 5. The third-order valence-electron chi connectivity index (χ3n) is 3.74. The lowest BCUT2D eigenvalue weighted by atomic mass is 10.1. The van der Waals surface area contributed by atoms with Gasteiger partial charge in [0.05, 0.1) is 31.4 Å². The van der Waals surface area contributed by atoms with E-state index in [9.17, 15) is 13.6 Å². The second-order valence-corrected chi connectivity index (χ2v) is 5.03. The molecule has 0 bridgehead atoms. The fraction of sp³-hybridized carbons (Fsp3) is 0.533. The summed E-state index contributed by atoms with van der Waals surface area (Å²) in [5, 5.41) is 0. The minimum Gasteiger partial charge on any atom is -0.465 e. The molecule has 0 amide bonds.